The van der Waals surface area contributed by atoms with Gasteiger partial charge in [0.15, 0.2) is 0 Å². The highest BCUT2D eigenvalue weighted by Crippen LogP contribution is 2.38. The molecular formula is C28H22F3N5O4S. The number of hydrogen-bond acceptors (Lipinski definition) is 10. The molecule has 4 rings (SSSR count). The lowest BCUT2D eigenvalue weighted by Crippen LogP contribution is -2.21. The van der Waals surface area contributed by atoms with E-state index >= 15 is 0 Å². The minimum atomic E-state index is -4.46. The summed E-state index contributed by atoms with van der Waals surface area (Å²) in [5.41, 5.74) is 7.11. The van der Waals surface area contributed by atoms with Crippen molar-refractivity contribution >= 4 is 17.6 Å². The molecule has 0 fully saturated rings. The predicted molar refractivity (Wildman–Crippen MR) is 143 cm³/mol. The number of nitriles is 2. The lowest BCUT2D eigenvalue weighted by atomic mass is 9.97. The quantitative estimate of drug-likeness (QED) is 0.227. The SMILES string of the molecule is Cc1oc(-c2ccc(C(F)(F)F)cc2)nc1CSc1nc(N)c(C#N)c(-c2ccc(OCC(O)CO)cc2)c1C#N. The van der Waals surface area contributed by atoms with Gasteiger partial charge in [0, 0.05) is 16.9 Å². The topological polar surface area (TPSA) is 162 Å². The second kappa shape index (κ2) is 12.3. The second-order valence-electron chi connectivity index (χ2n) is 8.71. The number of aliphatic hydroxyl groups is 2. The summed E-state index contributed by atoms with van der Waals surface area (Å²) in [4.78, 5) is 8.69. The first kappa shape index (κ1) is 29.4. The molecule has 0 aliphatic rings. The number of nitrogens with zero attached hydrogens (tertiary/aromatic N) is 4. The molecule has 210 valence electrons. The van der Waals surface area contributed by atoms with Gasteiger partial charge in [-0.25, -0.2) is 9.97 Å². The second-order valence-corrected chi connectivity index (χ2v) is 9.67. The molecule has 13 heteroatoms. The molecule has 1 atom stereocenters. The molecule has 0 bridgehead atoms. The number of thioether (sulfide) groups is 1. The Morgan fingerprint density at radius 3 is 2.24 bits per heavy atom. The Labute approximate surface area is 236 Å². The average molecular weight is 582 g/mol. The summed E-state index contributed by atoms with van der Waals surface area (Å²) in [5.74, 6) is 1.12. The van der Waals surface area contributed by atoms with Crippen LogP contribution in [0.3, 0.4) is 0 Å². The van der Waals surface area contributed by atoms with Crippen molar-refractivity contribution < 1.29 is 32.5 Å². The first-order chi connectivity index (χ1) is 19.5. The maximum absolute atomic E-state index is 12.9. The Balaban J connectivity index is 1.60. The fraction of sp³-hybridized carbons (Fsp3) is 0.214. The number of nitrogen functional groups attached to an aromatic ring is 1. The Morgan fingerprint density at radius 2 is 1.66 bits per heavy atom. The molecule has 0 aliphatic carbocycles. The highest BCUT2D eigenvalue weighted by molar-refractivity contribution is 7.98. The van der Waals surface area contributed by atoms with E-state index in [2.05, 4.69) is 16.0 Å². The van der Waals surface area contributed by atoms with Crippen LogP contribution in [0.15, 0.2) is 58.0 Å². The van der Waals surface area contributed by atoms with Crippen molar-refractivity contribution in [3.05, 3.63) is 76.7 Å². The van der Waals surface area contributed by atoms with Crippen molar-refractivity contribution in [1.82, 2.24) is 9.97 Å². The zero-order valence-corrected chi connectivity index (χ0v) is 22.3. The van der Waals surface area contributed by atoms with Gasteiger partial charge < -0.3 is 25.1 Å². The number of anilines is 1. The molecule has 4 N–H and O–H groups in total. The van der Waals surface area contributed by atoms with Crippen LogP contribution in [0.1, 0.15) is 28.1 Å². The number of hydrogen-bond donors (Lipinski definition) is 3. The van der Waals surface area contributed by atoms with Gasteiger partial charge in [-0.15, -0.1) is 0 Å². The van der Waals surface area contributed by atoms with Gasteiger partial charge >= 0.3 is 6.18 Å². The molecular weight excluding hydrogens is 559 g/mol. The molecule has 2 aromatic carbocycles. The molecule has 0 saturated heterocycles. The summed E-state index contributed by atoms with van der Waals surface area (Å²) >= 11 is 1.14. The number of aromatic nitrogens is 2. The minimum absolute atomic E-state index is 0.0254. The molecule has 1 unspecified atom stereocenters. The standard InChI is InChI=1S/C28H22F3N5O4S/c1-15-23(35-26(40-15)17-2-6-18(7-3-17)28(29,30)31)14-41-27-22(11-33)24(21(10-32)25(34)36-27)16-4-8-20(9-5-16)39-13-19(38)12-37/h2-9,19,37-38H,12-14H2,1H3,(H2,34,36). The summed E-state index contributed by atoms with van der Waals surface area (Å²) < 4.78 is 49.8. The normalized spacial score (nSPS) is 12.0. The Morgan fingerprint density at radius 1 is 1.02 bits per heavy atom. The number of aliphatic hydroxyl groups excluding tert-OH is 2. The van der Waals surface area contributed by atoms with Gasteiger partial charge in [0.2, 0.25) is 5.89 Å². The van der Waals surface area contributed by atoms with E-state index < -0.39 is 24.5 Å². The summed E-state index contributed by atoms with van der Waals surface area (Å²) in [6.45, 7) is 1.10. The van der Waals surface area contributed by atoms with Crippen LogP contribution >= 0.6 is 11.8 Å². The average Bonchev–Trinajstić information content (AvgIpc) is 3.34. The highest BCUT2D eigenvalue weighted by atomic mass is 32.2. The smallest absolute Gasteiger partial charge is 0.416 e. The number of oxazole rings is 1. The summed E-state index contributed by atoms with van der Waals surface area (Å²) in [6, 6.07) is 15.0. The molecule has 9 nitrogen and oxygen atoms in total. The third kappa shape index (κ3) is 6.61. The molecule has 0 spiro atoms. The first-order valence-electron chi connectivity index (χ1n) is 12.0. The number of rotatable bonds is 9. The van der Waals surface area contributed by atoms with E-state index in [9.17, 15) is 28.8 Å². The lowest BCUT2D eigenvalue weighted by Gasteiger charge is -2.14. The molecule has 41 heavy (non-hydrogen) atoms. The molecule has 2 heterocycles. The monoisotopic (exact) mass is 581 g/mol. The van der Waals surface area contributed by atoms with Crippen LogP contribution < -0.4 is 10.5 Å². The maximum Gasteiger partial charge on any atom is 0.416 e. The van der Waals surface area contributed by atoms with Crippen molar-refractivity contribution in [1.29, 1.82) is 10.5 Å². The van der Waals surface area contributed by atoms with Crippen molar-refractivity contribution in [2.24, 2.45) is 0 Å². The molecule has 4 aromatic rings. The summed E-state index contributed by atoms with van der Waals surface area (Å²) in [5, 5.41) is 38.5. The number of ether oxygens (including phenoxy) is 1. The minimum Gasteiger partial charge on any atom is -0.491 e. The van der Waals surface area contributed by atoms with E-state index in [1.165, 1.54) is 12.1 Å². The zero-order valence-electron chi connectivity index (χ0n) is 21.4. The van der Waals surface area contributed by atoms with Gasteiger partial charge in [0.05, 0.1) is 23.4 Å². The molecule has 0 saturated carbocycles. The molecule has 0 amide bonds. The fourth-order valence-electron chi connectivity index (χ4n) is 3.78. The van der Waals surface area contributed by atoms with E-state index in [4.69, 9.17) is 20.0 Å². The number of aryl methyl sites for hydroxylation is 1. The van der Waals surface area contributed by atoms with E-state index in [0.29, 0.717) is 28.3 Å². The first-order valence-corrected chi connectivity index (χ1v) is 13.0. The van der Waals surface area contributed by atoms with E-state index in [1.54, 1.807) is 31.2 Å². The largest absolute Gasteiger partial charge is 0.491 e. The van der Waals surface area contributed by atoms with Crippen LogP contribution in [-0.4, -0.2) is 39.5 Å². The van der Waals surface area contributed by atoms with Crippen LogP contribution in [-0.2, 0) is 11.9 Å². The third-order valence-electron chi connectivity index (χ3n) is 5.91. The van der Waals surface area contributed by atoms with Crippen molar-refractivity contribution in [2.45, 2.75) is 30.0 Å². The maximum atomic E-state index is 12.9. The summed E-state index contributed by atoms with van der Waals surface area (Å²) in [6.07, 6.45) is -5.50. The van der Waals surface area contributed by atoms with Crippen molar-refractivity contribution in [3.8, 4) is 40.5 Å². The summed E-state index contributed by atoms with van der Waals surface area (Å²) in [7, 11) is 0. The molecule has 2 aromatic heterocycles. The number of alkyl halides is 3. The zero-order chi connectivity index (χ0) is 29.7. The highest BCUT2D eigenvalue weighted by Gasteiger charge is 2.30. The van der Waals surface area contributed by atoms with Crippen molar-refractivity contribution in [3.63, 3.8) is 0 Å². The van der Waals surface area contributed by atoms with Crippen molar-refractivity contribution in [2.75, 3.05) is 18.9 Å². The van der Waals surface area contributed by atoms with Crippen LogP contribution in [0.25, 0.3) is 22.6 Å². The number of halogens is 3. The van der Waals surface area contributed by atoms with E-state index in [-0.39, 0.29) is 45.8 Å². The fourth-order valence-corrected chi connectivity index (χ4v) is 4.77. The Kier molecular flexibility index (Phi) is 8.83. The Bertz CT molecular complexity index is 1630. The van der Waals surface area contributed by atoms with Crippen LogP contribution in [0.4, 0.5) is 19.0 Å². The number of pyridine rings is 1. The van der Waals surface area contributed by atoms with Gasteiger partial charge in [-0.1, -0.05) is 23.9 Å². The van der Waals surface area contributed by atoms with Crippen LogP contribution in [0, 0.1) is 29.6 Å². The van der Waals surface area contributed by atoms with Gasteiger partial charge in [0.25, 0.3) is 0 Å². The molecule has 0 aliphatic heterocycles. The van der Waals surface area contributed by atoms with E-state index in [1.807, 2.05) is 6.07 Å². The van der Waals surface area contributed by atoms with Gasteiger partial charge in [0.1, 0.15) is 52.8 Å². The predicted octanol–water partition coefficient (Wildman–Crippen LogP) is 5.08. The van der Waals surface area contributed by atoms with Gasteiger partial charge in [-0.05, 0) is 48.9 Å². The number of nitrogens with two attached hydrogens (primary N) is 1. The van der Waals surface area contributed by atoms with E-state index in [0.717, 1.165) is 23.9 Å². The van der Waals surface area contributed by atoms with Gasteiger partial charge in [-0.2, -0.15) is 23.7 Å². The van der Waals surface area contributed by atoms with Crippen LogP contribution in [0.5, 0.6) is 5.75 Å². The lowest BCUT2D eigenvalue weighted by molar-refractivity contribution is -0.137. The molecule has 0 radical (unpaired) electrons. The third-order valence-corrected chi connectivity index (χ3v) is 6.90. The number of benzene rings is 2. The van der Waals surface area contributed by atoms with Crippen LogP contribution in [0.2, 0.25) is 0 Å². The van der Waals surface area contributed by atoms with Gasteiger partial charge in [-0.3, -0.25) is 0 Å². The Hall–Kier alpha value is -4.56.